The van der Waals surface area contributed by atoms with E-state index in [9.17, 15) is 4.79 Å². The fraction of sp³-hybridized carbons (Fsp3) is 0.235. The van der Waals surface area contributed by atoms with Crippen molar-refractivity contribution in [3.63, 3.8) is 0 Å². The van der Waals surface area contributed by atoms with Crippen LogP contribution in [0.5, 0.6) is 0 Å². The molecule has 0 aliphatic carbocycles. The number of esters is 1. The van der Waals surface area contributed by atoms with E-state index in [0.29, 0.717) is 6.61 Å². The van der Waals surface area contributed by atoms with E-state index >= 15 is 0 Å². The first-order valence-electron chi connectivity index (χ1n) is 6.75. The van der Waals surface area contributed by atoms with Crippen molar-refractivity contribution in [1.82, 2.24) is 0 Å². The lowest BCUT2D eigenvalue weighted by atomic mass is 9.95. The van der Waals surface area contributed by atoms with Gasteiger partial charge in [0.05, 0.1) is 5.92 Å². The monoisotopic (exact) mass is 284 g/mol. The third-order valence-electron chi connectivity index (χ3n) is 3.57. The summed E-state index contributed by atoms with van der Waals surface area (Å²) in [5.41, 5.74) is 3.47. The van der Waals surface area contributed by atoms with Gasteiger partial charge in [0.15, 0.2) is 0 Å². The first kappa shape index (κ1) is 13.1. The highest BCUT2D eigenvalue weighted by molar-refractivity contribution is 7.08. The molecule has 3 heteroatoms. The van der Waals surface area contributed by atoms with Gasteiger partial charge in [0.1, 0.15) is 6.61 Å². The summed E-state index contributed by atoms with van der Waals surface area (Å²) in [7, 11) is 0. The number of rotatable bonds is 3. The van der Waals surface area contributed by atoms with Crippen molar-refractivity contribution in [2.75, 3.05) is 6.61 Å². The Labute approximate surface area is 122 Å². The van der Waals surface area contributed by atoms with Gasteiger partial charge in [-0.15, -0.1) is 0 Å². The third-order valence-corrected chi connectivity index (χ3v) is 4.25. The van der Waals surface area contributed by atoms with Gasteiger partial charge in [0, 0.05) is 0 Å². The summed E-state index contributed by atoms with van der Waals surface area (Å²) in [4.78, 5) is 12.1. The van der Waals surface area contributed by atoms with E-state index in [4.69, 9.17) is 4.74 Å². The molecule has 0 N–H and O–H groups in total. The van der Waals surface area contributed by atoms with Crippen LogP contribution in [0.1, 0.15) is 17.5 Å². The predicted molar refractivity (Wildman–Crippen MR) is 81.5 cm³/mol. The number of thiophene rings is 1. The average molecular weight is 284 g/mol. The molecule has 2 aromatic rings. The predicted octanol–water partition coefficient (Wildman–Crippen LogP) is 3.94. The molecule has 0 fully saturated rings. The van der Waals surface area contributed by atoms with Crippen LogP contribution < -0.4 is 0 Å². The van der Waals surface area contributed by atoms with Crippen LogP contribution >= 0.6 is 11.3 Å². The van der Waals surface area contributed by atoms with Gasteiger partial charge in [-0.1, -0.05) is 36.4 Å². The molecule has 0 radical (unpaired) electrons. The second-order valence-corrected chi connectivity index (χ2v) is 5.75. The number of carbonyl (C=O) groups is 1. The van der Waals surface area contributed by atoms with E-state index in [0.717, 1.165) is 18.4 Å². The molecule has 0 spiro atoms. The second kappa shape index (κ2) is 6.06. The Bertz CT molecular complexity index is 599. The standard InChI is InChI=1S/C17H16O2S/c18-17-14(10-13-4-2-1-3-5-13)6-7-15(11-19-17)16-8-9-20-12-16/h1-5,7-9,12,14H,6,10-11H2/t14-/m1/s1. The highest BCUT2D eigenvalue weighted by atomic mass is 32.1. The molecule has 0 bridgehead atoms. The quantitative estimate of drug-likeness (QED) is 0.798. The topological polar surface area (TPSA) is 26.3 Å². The van der Waals surface area contributed by atoms with Gasteiger partial charge in [-0.05, 0) is 46.4 Å². The van der Waals surface area contributed by atoms with Crippen LogP contribution in [0.15, 0.2) is 53.2 Å². The van der Waals surface area contributed by atoms with Gasteiger partial charge in [-0.3, -0.25) is 4.79 Å². The number of allylic oxidation sites excluding steroid dienone is 1. The van der Waals surface area contributed by atoms with Crippen molar-refractivity contribution < 1.29 is 9.53 Å². The van der Waals surface area contributed by atoms with Gasteiger partial charge < -0.3 is 4.74 Å². The number of hydrogen-bond donors (Lipinski definition) is 0. The minimum Gasteiger partial charge on any atom is -0.461 e. The molecule has 0 saturated heterocycles. The molecule has 20 heavy (non-hydrogen) atoms. The second-order valence-electron chi connectivity index (χ2n) is 4.97. The number of benzene rings is 1. The molecule has 1 aliphatic heterocycles. The van der Waals surface area contributed by atoms with Gasteiger partial charge in [0.25, 0.3) is 0 Å². The average Bonchev–Trinajstić information content (AvgIpc) is 2.95. The molecule has 2 heterocycles. The molecule has 1 aliphatic rings. The van der Waals surface area contributed by atoms with Crippen LogP contribution in [-0.4, -0.2) is 12.6 Å². The van der Waals surface area contributed by atoms with E-state index in [-0.39, 0.29) is 11.9 Å². The van der Waals surface area contributed by atoms with Crippen molar-refractivity contribution in [3.05, 3.63) is 64.4 Å². The van der Waals surface area contributed by atoms with Crippen LogP contribution in [0.2, 0.25) is 0 Å². The first-order valence-corrected chi connectivity index (χ1v) is 7.69. The summed E-state index contributed by atoms with van der Waals surface area (Å²) >= 11 is 1.66. The van der Waals surface area contributed by atoms with E-state index in [1.807, 2.05) is 23.6 Å². The van der Waals surface area contributed by atoms with Crippen LogP contribution in [0.3, 0.4) is 0 Å². The molecule has 0 saturated carbocycles. The molecule has 0 amide bonds. The largest absolute Gasteiger partial charge is 0.461 e. The molecule has 1 atom stereocenters. The smallest absolute Gasteiger partial charge is 0.309 e. The van der Waals surface area contributed by atoms with Gasteiger partial charge >= 0.3 is 5.97 Å². The normalized spacial score (nSPS) is 19.1. The van der Waals surface area contributed by atoms with Crippen molar-refractivity contribution in [2.45, 2.75) is 12.8 Å². The fourth-order valence-corrected chi connectivity index (χ4v) is 3.10. The third kappa shape index (κ3) is 2.99. The number of ether oxygens (including phenoxy) is 1. The zero-order chi connectivity index (χ0) is 13.8. The summed E-state index contributed by atoms with van der Waals surface area (Å²) in [6.07, 6.45) is 3.65. The van der Waals surface area contributed by atoms with Gasteiger partial charge in [-0.25, -0.2) is 0 Å². The number of carbonyl (C=O) groups excluding carboxylic acids is 1. The van der Waals surface area contributed by atoms with Crippen LogP contribution in [0, 0.1) is 5.92 Å². The molecule has 0 unspecified atom stereocenters. The van der Waals surface area contributed by atoms with E-state index < -0.39 is 0 Å². The fourth-order valence-electron chi connectivity index (χ4n) is 2.42. The zero-order valence-electron chi connectivity index (χ0n) is 11.1. The minimum atomic E-state index is -0.0877. The molecule has 2 nitrogen and oxygen atoms in total. The Morgan fingerprint density at radius 2 is 2.05 bits per heavy atom. The Kier molecular flexibility index (Phi) is 3.97. The summed E-state index contributed by atoms with van der Waals surface area (Å²) < 4.78 is 5.42. The maximum atomic E-state index is 12.1. The molecule has 3 rings (SSSR count). The van der Waals surface area contributed by atoms with Gasteiger partial charge in [0.2, 0.25) is 0 Å². The van der Waals surface area contributed by atoms with Crippen molar-refractivity contribution >= 4 is 22.9 Å². The van der Waals surface area contributed by atoms with Crippen LogP contribution in [0.25, 0.3) is 5.57 Å². The van der Waals surface area contributed by atoms with E-state index in [1.165, 1.54) is 11.1 Å². The lowest BCUT2D eigenvalue weighted by Gasteiger charge is -2.11. The summed E-state index contributed by atoms with van der Waals surface area (Å²) in [6, 6.07) is 12.2. The summed E-state index contributed by atoms with van der Waals surface area (Å²) in [5.74, 6) is -0.163. The van der Waals surface area contributed by atoms with Gasteiger partial charge in [-0.2, -0.15) is 11.3 Å². The molecular formula is C17H16O2S. The summed E-state index contributed by atoms with van der Waals surface area (Å²) in [6.45, 7) is 0.390. The minimum absolute atomic E-state index is 0.0754. The highest BCUT2D eigenvalue weighted by Gasteiger charge is 2.23. The number of cyclic esters (lactones) is 1. The molecule has 102 valence electrons. The van der Waals surface area contributed by atoms with Crippen LogP contribution in [0.4, 0.5) is 0 Å². The van der Waals surface area contributed by atoms with E-state index in [2.05, 4.69) is 29.7 Å². The number of hydrogen-bond acceptors (Lipinski definition) is 3. The molecule has 1 aromatic carbocycles. The highest BCUT2D eigenvalue weighted by Crippen LogP contribution is 2.25. The van der Waals surface area contributed by atoms with Crippen LogP contribution in [-0.2, 0) is 16.0 Å². The maximum Gasteiger partial charge on any atom is 0.309 e. The maximum absolute atomic E-state index is 12.1. The Morgan fingerprint density at radius 1 is 1.20 bits per heavy atom. The zero-order valence-corrected chi connectivity index (χ0v) is 11.9. The first-order chi connectivity index (χ1) is 9.83. The molecule has 1 aromatic heterocycles. The van der Waals surface area contributed by atoms with Crippen molar-refractivity contribution in [1.29, 1.82) is 0 Å². The molecular weight excluding hydrogens is 268 g/mol. The SMILES string of the molecule is O=C1OCC(c2ccsc2)=CC[C@@H]1Cc1ccccc1. The lowest BCUT2D eigenvalue weighted by molar-refractivity contribution is -0.146. The lowest BCUT2D eigenvalue weighted by Crippen LogP contribution is -2.18. The Balaban J connectivity index is 1.74. The summed E-state index contributed by atoms with van der Waals surface area (Å²) in [5, 5.41) is 4.14. The Hall–Kier alpha value is -1.87. The van der Waals surface area contributed by atoms with Crippen molar-refractivity contribution in [3.8, 4) is 0 Å². The Morgan fingerprint density at radius 3 is 2.80 bits per heavy atom. The van der Waals surface area contributed by atoms with E-state index in [1.54, 1.807) is 11.3 Å². The van der Waals surface area contributed by atoms with Crippen molar-refractivity contribution in [2.24, 2.45) is 5.92 Å².